The molecule has 5 rings (SSSR count). The monoisotopic (exact) mass is 364 g/mol. The lowest BCUT2D eigenvalue weighted by Gasteiger charge is -2.16. The van der Waals surface area contributed by atoms with Crippen LogP contribution in [-0.4, -0.2) is 52.1 Å². The number of hydrogen-bond acceptors (Lipinski definition) is 9. The Bertz CT molecular complexity index is 940. The molecule has 4 atom stereocenters. The number of halogens is 1. The van der Waals surface area contributed by atoms with Crippen LogP contribution in [0.5, 0.6) is 0 Å². The van der Waals surface area contributed by atoms with Crippen LogP contribution in [0, 0.1) is 0 Å². The number of aliphatic hydroxyl groups excluding tert-OH is 2. The minimum Gasteiger partial charge on any atom is -0.387 e. The zero-order valence-corrected chi connectivity index (χ0v) is 13.5. The Kier molecular flexibility index (Phi) is 3.29. The van der Waals surface area contributed by atoms with Gasteiger partial charge in [0.25, 0.3) is 5.89 Å². The minimum absolute atomic E-state index is 0.146. The fourth-order valence-electron chi connectivity index (χ4n) is 2.97. The average Bonchev–Trinajstić information content (AvgIpc) is 3.06. The molecule has 2 aliphatic rings. The molecule has 1 aliphatic carbocycles. The number of fused-ring (bicyclic) bond motifs is 1. The van der Waals surface area contributed by atoms with Crippen LogP contribution in [0.15, 0.2) is 17.2 Å². The summed E-state index contributed by atoms with van der Waals surface area (Å²) >= 11 is 5.99. The lowest BCUT2D eigenvalue weighted by molar-refractivity contribution is -0.0451. The maximum atomic E-state index is 10.4. The van der Waals surface area contributed by atoms with E-state index in [0.717, 1.165) is 12.8 Å². The highest BCUT2D eigenvalue weighted by atomic mass is 35.5. The number of hydrogen-bond donors (Lipinski definition) is 2. The molecule has 1 saturated heterocycles. The van der Waals surface area contributed by atoms with Crippen LogP contribution in [-0.2, 0) is 4.74 Å². The van der Waals surface area contributed by atoms with Gasteiger partial charge in [0.05, 0.1) is 6.33 Å². The van der Waals surface area contributed by atoms with E-state index >= 15 is 0 Å². The third-order valence-corrected chi connectivity index (χ3v) is 4.75. The van der Waals surface area contributed by atoms with Gasteiger partial charge < -0.3 is 19.5 Å². The SMILES string of the molecule is O[C@@H]1[C@H](O)[C@@H](c2nc(C3CC3)no2)O[C@H]1n1cnc2c(Cl)ncnc21. The smallest absolute Gasteiger partial charge is 0.258 e. The van der Waals surface area contributed by atoms with Crippen LogP contribution in [0.2, 0.25) is 5.15 Å². The summed E-state index contributed by atoms with van der Waals surface area (Å²) in [4.78, 5) is 16.4. The standard InChI is InChI=1S/C14H13ClN6O4/c15-10-6-12(17-3-16-10)21(4-18-6)14-8(23)7(22)9(24-14)13-19-11(20-25-13)5-1-2-5/h3-5,7-9,14,22-23H,1-2H2/t7-,8+,9-,14+/m0/s1. The highest BCUT2D eigenvalue weighted by Crippen LogP contribution is 2.42. The van der Waals surface area contributed by atoms with Gasteiger partial charge in [-0.05, 0) is 12.8 Å². The molecule has 10 nitrogen and oxygen atoms in total. The minimum atomic E-state index is -1.23. The Morgan fingerprint density at radius 3 is 2.80 bits per heavy atom. The van der Waals surface area contributed by atoms with Crippen molar-refractivity contribution in [3.8, 4) is 0 Å². The molecule has 1 aliphatic heterocycles. The summed E-state index contributed by atoms with van der Waals surface area (Å²) in [6.07, 6.45) is 0.455. The fourth-order valence-corrected chi connectivity index (χ4v) is 3.15. The van der Waals surface area contributed by atoms with Crippen LogP contribution < -0.4 is 0 Å². The molecule has 130 valence electrons. The van der Waals surface area contributed by atoms with Gasteiger partial charge in [-0.25, -0.2) is 15.0 Å². The van der Waals surface area contributed by atoms with Crippen LogP contribution in [0.1, 0.15) is 42.8 Å². The van der Waals surface area contributed by atoms with Gasteiger partial charge in [-0.15, -0.1) is 0 Å². The lowest BCUT2D eigenvalue weighted by atomic mass is 10.1. The van der Waals surface area contributed by atoms with E-state index in [-0.39, 0.29) is 11.0 Å². The van der Waals surface area contributed by atoms with E-state index in [1.165, 1.54) is 17.2 Å². The van der Waals surface area contributed by atoms with E-state index in [4.69, 9.17) is 20.9 Å². The van der Waals surface area contributed by atoms with E-state index in [0.29, 0.717) is 22.9 Å². The summed E-state index contributed by atoms with van der Waals surface area (Å²) in [5.74, 6) is 1.07. The zero-order valence-electron chi connectivity index (χ0n) is 12.7. The number of imidazole rings is 1. The van der Waals surface area contributed by atoms with Crippen LogP contribution >= 0.6 is 11.6 Å². The molecular weight excluding hydrogens is 352 g/mol. The molecule has 2 fully saturated rings. The summed E-state index contributed by atoms with van der Waals surface area (Å²) in [6.45, 7) is 0. The Hall–Kier alpha value is -2.14. The molecule has 0 spiro atoms. The number of ether oxygens (including phenoxy) is 1. The van der Waals surface area contributed by atoms with Crippen molar-refractivity contribution in [1.82, 2.24) is 29.7 Å². The van der Waals surface area contributed by atoms with Gasteiger partial charge in [-0.3, -0.25) is 4.57 Å². The Morgan fingerprint density at radius 1 is 1.16 bits per heavy atom. The van der Waals surface area contributed by atoms with Gasteiger partial charge in [-0.1, -0.05) is 16.8 Å². The average molecular weight is 365 g/mol. The number of nitrogens with zero attached hydrogens (tertiary/aromatic N) is 6. The van der Waals surface area contributed by atoms with Crippen molar-refractivity contribution < 1.29 is 19.5 Å². The first-order chi connectivity index (χ1) is 12.1. The van der Waals surface area contributed by atoms with Gasteiger partial charge in [-0.2, -0.15) is 4.98 Å². The summed E-state index contributed by atoms with van der Waals surface area (Å²) in [5.41, 5.74) is 0.771. The second kappa shape index (κ2) is 5.43. The topological polar surface area (TPSA) is 132 Å². The van der Waals surface area contributed by atoms with E-state index in [1.807, 2.05) is 0 Å². The first-order valence-electron chi connectivity index (χ1n) is 7.81. The van der Waals surface area contributed by atoms with Crippen molar-refractivity contribution in [2.24, 2.45) is 0 Å². The van der Waals surface area contributed by atoms with Crippen LogP contribution in [0.25, 0.3) is 11.2 Å². The quantitative estimate of drug-likeness (QED) is 0.645. The largest absolute Gasteiger partial charge is 0.387 e. The molecule has 1 saturated carbocycles. The van der Waals surface area contributed by atoms with E-state index in [9.17, 15) is 10.2 Å². The number of aliphatic hydroxyl groups is 2. The van der Waals surface area contributed by atoms with Crippen molar-refractivity contribution in [2.75, 3.05) is 0 Å². The fraction of sp³-hybridized carbons (Fsp3) is 0.500. The number of rotatable bonds is 3. The molecule has 0 amide bonds. The van der Waals surface area contributed by atoms with Crippen molar-refractivity contribution in [3.05, 3.63) is 29.5 Å². The molecule has 3 aromatic heterocycles. The molecule has 0 radical (unpaired) electrons. The predicted molar refractivity (Wildman–Crippen MR) is 81.5 cm³/mol. The highest BCUT2D eigenvalue weighted by Gasteiger charge is 2.48. The van der Waals surface area contributed by atoms with Crippen molar-refractivity contribution in [1.29, 1.82) is 0 Å². The molecule has 25 heavy (non-hydrogen) atoms. The summed E-state index contributed by atoms with van der Waals surface area (Å²) < 4.78 is 12.5. The maximum absolute atomic E-state index is 10.4. The van der Waals surface area contributed by atoms with Crippen molar-refractivity contribution in [3.63, 3.8) is 0 Å². The summed E-state index contributed by atoms with van der Waals surface area (Å²) in [6, 6.07) is 0. The molecule has 3 aromatic rings. The highest BCUT2D eigenvalue weighted by molar-refractivity contribution is 6.33. The van der Waals surface area contributed by atoms with Crippen LogP contribution in [0.4, 0.5) is 0 Å². The van der Waals surface area contributed by atoms with Gasteiger partial charge in [0.15, 0.2) is 29.0 Å². The normalized spacial score (nSPS) is 29.6. The van der Waals surface area contributed by atoms with Crippen molar-refractivity contribution in [2.45, 2.75) is 43.3 Å². The van der Waals surface area contributed by atoms with Gasteiger partial charge in [0.2, 0.25) is 0 Å². The molecule has 4 heterocycles. The summed E-state index contributed by atoms with van der Waals surface area (Å²) in [7, 11) is 0. The Morgan fingerprint density at radius 2 is 2.00 bits per heavy atom. The van der Waals surface area contributed by atoms with Gasteiger partial charge in [0.1, 0.15) is 24.1 Å². The first kappa shape index (κ1) is 15.1. The lowest BCUT2D eigenvalue weighted by Crippen LogP contribution is -2.29. The number of aromatic nitrogens is 6. The first-order valence-corrected chi connectivity index (χ1v) is 8.19. The molecule has 11 heteroatoms. The second-order valence-electron chi connectivity index (χ2n) is 6.18. The summed E-state index contributed by atoms with van der Waals surface area (Å²) in [5, 5.41) is 24.9. The molecular formula is C14H13ClN6O4. The Balaban J connectivity index is 1.48. The van der Waals surface area contributed by atoms with E-state index < -0.39 is 24.5 Å². The predicted octanol–water partition coefficient (Wildman–Crippen LogP) is 0.732. The van der Waals surface area contributed by atoms with E-state index in [1.54, 1.807) is 0 Å². The Labute approximate surface area is 145 Å². The molecule has 0 aromatic carbocycles. The van der Waals surface area contributed by atoms with Crippen molar-refractivity contribution >= 4 is 22.8 Å². The zero-order chi connectivity index (χ0) is 17.1. The van der Waals surface area contributed by atoms with Crippen LogP contribution in [0.3, 0.4) is 0 Å². The third kappa shape index (κ3) is 2.33. The third-order valence-electron chi connectivity index (χ3n) is 4.47. The molecule has 0 unspecified atom stereocenters. The van der Waals surface area contributed by atoms with E-state index in [2.05, 4.69) is 25.1 Å². The maximum Gasteiger partial charge on any atom is 0.258 e. The second-order valence-corrected chi connectivity index (χ2v) is 6.54. The molecule has 2 N–H and O–H groups in total. The molecule has 0 bridgehead atoms. The van der Waals surface area contributed by atoms with Gasteiger partial charge >= 0.3 is 0 Å². The van der Waals surface area contributed by atoms with Gasteiger partial charge in [0, 0.05) is 5.92 Å².